The predicted octanol–water partition coefficient (Wildman–Crippen LogP) is 5.51. The van der Waals surface area contributed by atoms with Gasteiger partial charge in [0.2, 0.25) is 0 Å². The van der Waals surface area contributed by atoms with Crippen molar-refractivity contribution in [3.8, 4) is 0 Å². The number of amides is 3. The average Bonchev–Trinajstić information content (AvgIpc) is 2.82. The van der Waals surface area contributed by atoms with Crippen molar-refractivity contribution in [3.05, 3.63) is 82.3 Å². The Balaban J connectivity index is 1.50. The van der Waals surface area contributed by atoms with Gasteiger partial charge in [-0.25, -0.2) is 4.79 Å². The smallest absolute Gasteiger partial charge is 0.319 e. The van der Waals surface area contributed by atoms with E-state index in [4.69, 9.17) is 0 Å². The summed E-state index contributed by atoms with van der Waals surface area (Å²) in [5, 5.41) is 5.69. The maximum absolute atomic E-state index is 12.8. The molecule has 3 aromatic rings. The molecule has 1 heterocycles. The Hall–Kier alpha value is -2.77. The summed E-state index contributed by atoms with van der Waals surface area (Å²) in [6.07, 6.45) is 0. The lowest BCUT2D eigenvalue weighted by Crippen LogP contribution is -2.29. The average molecular weight is 468 g/mol. The monoisotopic (exact) mass is 467 g/mol. The number of carbonyl (C=O) groups is 2. The van der Waals surface area contributed by atoms with Crippen molar-refractivity contribution in [3.63, 3.8) is 0 Å². The molecule has 4 rings (SSSR count). The van der Waals surface area contributed by atoms with E-state index in [0.29, 0.717) is 17.8 Å². The summed E-state index contributed by atoms with van der Waals surface area (Å²) in [6.45, 7) is 0.416. The molecule has 5 nitrogen and oxygen atoms in total. The van der Waals surface area contributed by atoms with Crippen LogP contribution in [0.5, 0.6) is 0 Å². The summed E-state index contributed by atoms with van der Waals surface area (Å²) in [5.74, 6) is -0.0666. The first-order chi connectivity index (χ1) is 14.0. The highest BCUT2D eigenvalue weighted by atomic mass is 79.9. The number of hydrogen-bond donors (Lipinski definition) is 2. The minimum absolute atomic E-state index is 0.0666. The minimum atomic E-state index is -0.302. The van der Waals surface area contributed by atoms with Gasteiger partial charge in [0, 0.05) is 33.5 Å². The molecule has 1 aliphatic heterocycles. The third-order valence-corrected chi connectivity index (χ3v) is 6.20. The number of fused-ring (bicyclic) bond motifs is 2. The van der Waals surface area contributed by atoms with Crippen LogP contribution in [-0.2, 0) is 6.54 Å². The summed E-state index contributed by atoms with van der Waals surface area (Å²) in [5.41, 5.74) is 3.07. The van der Waals surface area contributed by atoms with Crippen molar-refractivity contribution < 1.29 is 9.59 Å². The number of nitrogens with zero attached hydrogens (tertiary/aromatic N) is 1. The van der Waals surface area contributed by atoms with Crippen LogP contribution < -0.4 is 15.5 Å². The number of hydrogen-bond acceptors (Lipinski definition) is 3. The van der Waals surface area contributed by atoms with Gasteiger partial charge in [-0.05, 0) is 48.0 Å². The van der Waals surface area contributed by atoms with Crippen LogP contribution in [0.25, 0.3) is 0 Å². The van der Waals surface area contributed by atoms with E-state index in [0.717, 1.165) is 25.5 Å². The zero-order valence-corrected chi connectivity index (χ0v) is 18.0. The summed E-state index contributed by atoms with van der Waals surface area (Å²) in [7, 11) is 1.75. The van der Waals surface area contributed by atoms with Gasteiger partial charge in [0.1, 0.15) is 0 Å². The summed E-state index contributed by atoms with van der Waals surface area (Å²) >= 11 is 4.98. The predicted molar refractivity (Wildman–Crippen MR) is 120 cm³/mol. The van der Waals surface area contributed by atoms with Gasteiger partial charge in [-0.2, -0.15) is 0 Å². The fraction of sp³-hybridized carbons (Fsp3) is 0.0909. The summed E-state index contributed by atoms with van der Waals surface area (Å²) in [4.78, 5) is 28.7. The molecule has 0 aromatic heterocycles. The van der Waals surface area contributed by atoms with E-state index >= 15 is 0 Å². The van der Waals surface area contributed by atoms with Gasteiger partial charge in [0.15, 0.2) is 0 Å². The minimum Gasteiger partial charge on any atom is -0.334 e. The Morgan fingerprint density at radius 2 is 1.86 bits per heavy atom. The van der Waals surface area contributed by atoms with Gasteiger partial charge < -0.3 is 15.5 Å². The SMILES string of the molecule is CN1C(=O)c2ccccc2Sc2ccc(NC(=O)NCc3cccc(Br)c3)cc21. The largest absolute Gasteiger partial charge is 0.334 e. The number of carbonyl (C=O) groups excluding carboxylic acids is 2. The second-order valence-corrected chi connectivity index (χ2v) is 8.58. The fourth-order valence-corrected chi connectivity index (χ4v) is 4.62. The van der Waals surface area contributed by atoms with Crippen LogP contribution in [0.1, 0.15) is 15.9 Å². The van der Waals surface area contributed by atoms with E-state index < -0.39 is 0 Å². The molecule has 3 amide bonds. The zero-order valence-electron chi connectivity index (χ0n) is 15.6. The number of anilines is 2. The maximum Gasteiger partial charge on any atom is 0.319 e. The van der Waals surface area contributed by atoms with Crippen molar-refractivity contribution >= 4 is 51.0 Å². The van der Waals surface area contributed by atoms with Crippen LogP contribution >= 0.6 is 27.7 Å². The first-order valence-corrected chi connectivity index (χ1v) is 10.6. The van der Waals surface area contributed by atoms with E-state index in [1.54, 1.807) is 23.7 Å². The van der Waals surface area contributed by atoms with E-state index in [1.807, 2.05) is 66.7 Å². The van der Waals surface area contributed by atoms with Gasteiger partial charge in [0.25, 0.3) is 5.91 Å². The molecular formula is C22H18BrN3O2S. The second kappa shape index (κ2) is 8.31. The van der Waals surface area contributed by atoms with Gasteiger partial charge in [-0.3, -0.25) is 4.79 Å². The highest BCUT2D eigenvalue weighted by Gasteiger charge is 2.24. The third kappa shape index (κ3) is 4.31. The normalized spacial score (nSPS) is 12.6. The molecule has 0 saturated carbocycles. The highest BCUT2D eigenvalue weighted by Crippen LogP contribution is 2.41. The number of rotatable bonds is 3. The molecule has 146 valence electrons. The first kappa shape index (κ1) is 19.5. The van der Waals surface area contributed by atoms with Crippen LogP contribution in [0.2, 0.25) is 0 Å². The van der Waals surface area contributed by atoms with Crippen LogP contribution in [0, 0.1) is 0 Å². The lowest BCUT2D eigenvalue weighted by molar-refractivity contribution is 0.0990. The molecule has 0 aliphatic carbocycles. The highest BCUT2D eigenvalue weighted by molar-refractivity contribution is 9.10. The Labute approximate surface area is 181 Å². The summed E-state index contributed by atoms with van der Waals surface area (Å²) < 4.78 is 0.967. The van der Waals surface area contributed by atoms with Crippen molar-refractivity contribution in [2.24, 2.45) is 0 Å². The number of urea groups is 1. The molecule has 0 bridgehead atoms. The van der Waals surface area contributed by atoms with Crippen molar-refractivity contribution in [2.75, 3.05) is 17.3 Å². The molecular weight excluding hydrogens is 450 g/mol. The van der Waals surface area contributed by atoms with E-state index in [9.17, 15) is 9.59 Å². The molecule has 1 aliphatic rings. The topological polar surface area (TPSA) is 61.4 Å². The molecule has 0 atom stereocenters. The maximum atomic E-state index is 12.8. The van der Waals surface area contributed by atoms with Gasteiger partial charge in [-0.15, -0.1) is 0 Å². The summed E-state index contributed by atoms with van der Waals surface area (Å²) in [6, 6.07) is 20.6. The van der Waals surface area contributed by atoms with Gasteiger partial charge in [-0.1, -0.05) is 52.0 Å². The molecule has 0 unspecified atom stereocenters. The lowest BCUT2D eigenvalue weighted by Gasteiger charge is -2.18. The van der Waals surface area contributed by atoms with Crippen LogP contribution in [0.4, 0.5) is 16.2 Å². The molecule has 0 fully saturated rings. The number of halogens is 1. The first-order valence-electron chi connectivity index (χ1n) is 8.99. The lowest BCUT2D eigenvalue weighted by atomic mass is 10.2. The number of benzene rings is 3. The van der Waals surface area contributed by atoms with Crippen LogP contribution in [0.15, 0.2) is 81.0 Å². The third-order valence-electron chi connectivity index (χ3n) is 4.56. The van der Waals surface area contributed by atoms with Gasteiger partial charge >= 0.3 is 6.03 Å². The Bertz CT molecular complexity index is 1100. The molecule has 3 aromatic carbocycles. The van der Waals surface area contributed by atoms with E-state index in [1.165, 1.54) is 0 Å². The van der Waals surface area contributed by atoms with E-state index in [-0.39, 0.29) is 11.9 Å². The molecule has 0 saturated heterocycles. The molecule has 0 spiro atoms. The molecule has 0 radical (unpaired) electrons. The van der Waals surface area contributed by atoms with Crippen molar-refractivity contribution in [1.82, 2.24) is 5.32 Å². The Morgan fingerprint density at radius 3 is 2.69 bits per heavy atom. The standard InChI is InChI=1S/C22H18BrN3O2S/c1-26-18-12-16(25-22(28)24-13-14-5-4-6-15(23)11-14)9-10-20(18)29-19-8-3-2-7-17(19)21(26)27/h2-12H,13H2,1H3,(H2,24,25,28). The van der Waals surface area contributed by atoms with E-state index in [2.05, 4.69) is 26.6 Å². The van der Waals surface area contributed by atoms with Crippen molar-refractivity contribution in [1.29, 1.82) is 0 Å². The molecule has 29 heavy (non-hydrogen) atoms. The molecule has 7 heteroatoms. The van der Waals surface area contributed by atoms with Gasteiger partial charge in [0.05, 0.1) is 11.3 Å². The van der Waals surface area contributed by atoms with Crippen molar-refractivity contribution in [2.45, 2.75) is 16.3 Å². The zero-order chi connectivity index (χ0) is 20.4. The Kier molecular flexibility index (Phi) is 5.60. The number of nitrogens with one attached hydrogen (secondary N) is 2. The fourth-order valence-electron chi connectivity index (χ4n) is 3.09. The molecule has 2 N–H and O–H groups in total. The second-order valence-electron chi connectivity index (χ2n) is 6.58. The van der Waals surface area contributed by atoms with Crippen LogP contribution in [0.3, 0.4) is 0 Å². The van der Waals surface area contributed by atoms with Crippen LogP contribution in [-0.4, -0.2) is 19.0 Å². The Morgan fingerprint density at radius 1 is 1.03 bits per heavy atom. The quantitative estimate of drug-likeness (QED) is 0.533.